The van der Waals surface area contributed by atoms with Crippen LogP contribution in [0.15, 0.2) is 47.1 Å². The lowest BCUT2D eigenvalue weighted by Gasteiger charge is -2.17. The third-order valence-electron chi connectivity index (χ3n) is 4.01. The molecule has 0 bridgehead atoms. The van der Waals surface area contributed by atoms with Gasteiger partial charge in [0.15, 0.2) is 0 Å². The van der Waals surface area contributed by atoms with Crippen LogP contribution in [-0.2, 0) is 4.79 Å². The van der Waals surface area contributed by atoms with Gasteiger partial charge in [0.1, 0.15) is 11.5 Å². The third kappa shape index (κ3) is 2.98. The summed E-state index contributed by atoms with van der Waals surface area (Å²) < 4.78 is 18.8. The van der Waals surface area contributed by atoms with Gasteiger partial charge in [0, 0.05) is 19.2 Å². The lowest BCUT2D eigenvalue weighted by Crippen LogP contribution is -2.24. The molecule has 0 spiro atoms. The van der Waals surface area contributed by atoms with E-state index in [0.29, 0.717) is 34.7 Å². The van der Waals surface area contributed by atoms with Crippen molar-refractivity contribution in [3.05, 3.63) is 59.3 Å². The van der Waals surface area contributed by atoms with Crippen molar-refractivity contribution < 1.29 is 13.7 Å². The Bertz CT molecular complexity index is 931. The fraction of sp³-hybridized carbons (Fsp3) is 0.176. The Labute approximate surface area is 147 Å². The van der Waals surface area contributed by atoms with Crippen molar-refractivity contribution >= 4 is 23.2 Å². The second-order valence-corrected chi connectivity index (χ2v) is 6.08. The second-order valence-electron chi connectivity index (χ2n) is 5.67. The maximum atomic E-state index is 13.5. The van der Waals surface area contributed by atoms with Crippen molar-refractivity contribution in [1.29, 1.82) is 0 Å². The van der Waals surface area contributed by atoms with Crippen LogP contribution in [0.3, 0.4) is 0 Å². The first-order chi connectivity index (χ1) is 12.1. The molecule has 126 valence electrons. The standard InChI is InChI=1S/C17H12ClFN4O2/c18-12-5-4-11(19)8-14(12)23-9-10(7-15(23)24)17-21-16(22-25-17)13-3-1-2-6-20-13/h1-6,8,10H,7,9H2. The van der Waals surface area contributed by atoms with Gasteiger partial charge in [0.25, 0.3) is 0 Å². The van der Waals surface area contributed by atoms with Gasteiger partial charge in [0.2, 0.25) is 17.6 Å². The quantitative estimate of drug-likeness (QED) is 0.717. The zero-order chi connectivity index (χ0) is 17.4. The number of rotatable bonds is 3. The third-order valence-corrected chi connectivity index (χ3v) is 4.33. The van der Waals surface area contributed by atoms with Gasteiger partial charge in [0.05, 0.1) is 16.6 Å². The van der Waals surface area contributed by atoms with E-state index in [-0.39, 0.29) is 18.2 Å². The number of pyridine rings is 1. The Kier molecular flexibility index (Phi) is 3.93. The fourth-order valence-electron chi connectivity index (χ4n) is 2.80. The van der Waals surface area contributed by atoms with Crippen LogP contribution in [0.25, 0.3) is 11.5 Å². The van der Waals surface area contributed by atoms with Crippen LogP contribution in [-0.4, -0.2) is 27.6 Å². The minimum Gasteiger partial charge on any atom is -0.339 e. The number of aromatic nitrogens is 3. The van der Waals surface area contributed by atoms with E-state index in [4.69, 9.17) is 16.1 Å². The highest BCUT2D eigenvalue weighted by atomic mass is 35.5. The molecule has 1 aromatic carbocycles. The van der Waals surface area contributed by atoms with Crippen molar-refractivity contribution in [2.45, 2.75) is 12.3 Å². The predicted molar refractivity (Wildman–Crippen MR) is 88.7 cm³/mol. The summed E-state index contributed by atoms with van der Waals surface area (Å²) in [5, 5.41) is 4.24. The molecular weight excluding hydrogens is 347 g/mol. The SMILES string of the molecule is O=C1CC(c2nc(-c3ccccn3)no2)CN1c1cc(F)ccc1Cl. The number of anilines is 1. The number of amides is 1. The minimum absolute atomic E-state index is 0.171. The van der Waals surface area contributed by atoms with Crippen molar-refractivity contribution in [3.8, 4) is 11.5 Å². The van der Waals surface area contributed by atoms with E-state index >= 15 is 0 Å². The van der Waals surface area contributed by atoms with Crippen LogP contribution in [0.2, 0.25) is 5.02 Å². The van der Waals surface area contributed by atoms with E-state index in [1.54, 1.807) is 18.3 Å². The molecule has 1 unspecified atom stereocenters. The monoisotopic (exact) mass is 358 g/mol. The average Bonchev–Trinajstić information content (AvgIpc) is 3.25. The molecule has 1 aliphatic rings. The zero-order valence-electron chi connectivity index (χ0n) is 12.9. The summed E-state index contributed by atoms with van der Waals surface area (Å²) >= 11 is 6.10. The van der Waals surface area contributed by atoms with Gasteiger partial charge in [-0.2, -0.15) is 4.98 Å². The van der Waals surface area contributed by atoms with Crippen molar-refractivity contribution in [2.75, 3.05) is 11.4 Å². The number of hydrogen-bond donors (Lipinski definition) is 0. The van der Waals surface area contributed by atoms with Crippen LogP contribution in [0.5, 0.6) is 0 Å². The molecule has 0 saturated carbocycles. The highest BCUT2D eigenvalue weighted by molar-refractivity contribution is 6.33. The van der Waals surface area contributed by atoms with Crippen LogP contribution >= 0.6 is 11.6 Å². The maximum absolute atomic E-state index is 13.5. The molecule has 2 aromatic heterocycles. The molecule has 3 aromatic rings. The predicted octanol–water partition coefficient (Wildman–Crippen LogP) is 3.44. The van der Waals surface area contributed by atoms with E-state index in [1.165, 1.54) is 23.1 Å². The van der Waals surface area contributed by atoms with Crippen molar-refractivity contribution in [2.24, 2.45) is 0 Å². The van der Waals surface area contributed by atoms with Gasteiger partial charge in [-0.3, -0.25) is 9.78 Å². The normalized spacial score (nSPS) is 17.3. The Hall–Kier alpha value is -2.80. The van der Waals surface area contributed by atoms with Gasteiger partial charge in [-0.05, 0) is 30.3 Å². The van der Waals surface area contributed by atoms with E-state index in [9.17, 15) is 9.18 Å². The summed E-state index contributed by atoms with van der Waals surface area (Å²) in [6, 6.07) is 9.31. The summed E-state index contributed by atoms with van der Waals surface area (Å²) in [7, 11) is 0. The van der Waals surface area contributed by atoms with E-state index in [1.807, 2.05) is 6.07 Å². The van der Waals surface area contributed by atoms with Gasteiger partial charge < -0.3 is 9.42 Å². The van der Waals surface area contributed by atoms with Crippen molar-refractivity contribution in [1.82, 2.24) is 15.1 Å². The molecule has 0 aliphatic carbocycles. The molecule has 1 fully saturated rings. The van der Waals surface area contributed by atoms with Crippen LogP contribution in [0, 0.1) is 5.82 Å². The highest BCUT2D eigenvalue weighted by Crippen LogP contribution is 2.35. The van der Waals surface area contributed by atoms with Gasteiger partial charge >= 0.3 is 0 Å². The van der Waals surface area contributed by atoms with Gasteiger partial charge in [-0.1, -0.05) is 22.8 Å². The summed E-state index contributed by atoms with van der Waals surface area (Å²) in [6.45, 7) is 0.297. The van der Waals surface area contributed by atoms with Gasteiger partial charge in [-0.25, -0.2) is 4.39 Å². The lowest BCUT2D eigenvalue weighted by atomic mass is 10.1. The summed E-state index contributed by atoms with van der Waals surface area (Å²) in [5.41, 5.74) is 0.936. The molecule has 1 atom stereocenters. The first-order valence-corrected chi connectivity index (χ1v) is 8.00. The molecule has 3 heterocycles. The topological polar surface area (TPSA) is 72.1 Å². The van der Waals surface area contributed by atoms with Crippen LogP contribution in [0.4, 0.5) is 10.1 Å². The largest absolute Gasteiger partial charge is 0.339 e. The first kappa shape index (κ1) is 15.7. The van der Waals surface area contributed by atoms with Crippen molar-refractivity contribution in [3.63, 3.8) is 0 Å². The Balaban J connectivity index is 1.59. The molecule has 0 radical (unpaired) electrons. The molecule has 6 nitrogen and oxygen atoms in total. The Morgan fingerprint density at radius 2 is 2.16 bits per heavy atom. The van der Waals surface area contributed by atoms with E-state index in [0.717, 1.165) is 0 Å². The molecule has 0 N–H and O–H groups in total. The molecule has 1 saturated heterocycles. The Morgan fingerprint density at radius 3 is 2.96 bits per heavy atom. The number of carbonyl (C=O) groups is 1. The molecule has 25 heavy (non-hydrogen) atoms. The molecular formula is C17H12ClFN4O2. The molecule has 1 aliphatic heterocycles. The smallest absolute Gasteiger partial charge is 0.232 e. The molecule has 1 amide bonds. The van der Waals surface area contributed by atoms with E-state index in [2.05, 4.69) is 15.1 Å². The minimum atomic E-state index is -0.453. The first-order valence-electron chi connectivity index (χ1n) is 7.62. The second kappa shape index (κ2) is 6.25. The molecule has 8 heteroatoms. The zero-order valence-corrected chi connectivity index (χ0v) is 13.7. The molecule has 4 rings (SSSR count). The Morgan fingerprint density at radius 1 is 1.28 bits per heavy atom. The highest BCUT2D eigenvalue weighted by Gasteiger charge is 2.36. The number of hydrogen-bond acceptors (Lipinski definition) is 5. The van der Waals surface area contributed by atoms with Crippen LogP contribution < -0.4 is 4.90 Å². The average molecular weight is 359 g/mol. The maximum Gasteiger partial charge on any atom is 0.232 e. The van der Waals surface area contributed by atoms with Crippen LogP contribution in [0.1, 0.15) is 18.2 Å². The number of halogens is 2. The van der Waals surface area contributed by atoms with E-state index < -0.39 is 5.82 Å². The summed E-state index contributed by atoms with van der Waals surface area (Å²) in [5.74, 6) is -0.188. The number of nitrogens with zero attached hydrogens (tertiary/aromatic N) is 4. The number of benzene rings is 1. The lowest BCUT2D eigenvalue weighted by molar-refractivity contribution is -0.117. The summed E-state index contributed by atoms with van der Waals surface area (Å²) in [6.07, 6.45) is 1.83. The fourth-order valence-corrected chi connectivity index (χ4v) is 3.02. The number of carbonyl (C=O) groups excluding carboxylic acids is 1. The van der Waals surface area contributed by atoms with Gasteiger partial charge in [-0.15, -0.1) is 0 Å². The summed E-state index contributed by atoms with van der Waals surface area (Å²) in [4.78, 5) is 22.3.